The van der Waals surface area contributed by atoms with Crippen molar-refractivity contribution in [3.63, 3.8) is 0 Å². The van der Waals surface area contributed by atoms with E-state index in [2.05, 4.69) is 12.2 Å². The highest BCUT2D eigenvalue weighted by atomic mass is 16.5. The van der Waals surface area contributed by atoms with Crippen LogP contribution >= 0.6 is 0 Å². The van der Waals surface area contributed by atoms with Gasteiger partial charge in [0.1, 0.15) is 5.76 Å². The van der Waals surface area contributed by atoms with Gasteiger partial charge in [-0.25, -0.2) is 0 Å². The molecule has 1 aromatic heterocycles. The maximum atomic E-state index is 5.20. The second kappa shape index (κ2) is 5.78. The molecule has 3 nitrogen and oxygen atoms in total. The SMILES string of the molecule is CC[C@@H](COC)NCc1ccco1. The van der Waals surface area contributed by atoms with Crippen LogP contribution in [0.15, 0.2) is 22.8 Å². The maximum absolute atomic E-state index is 5.20. The summed E-state index contributed by atoms with van der Waals surface area (Å²) in [5.74, 6) is 0.967. The Morgan fingerprint density at radius 1 is 1.62 bits per heavy atom. The summed E-state index contributed by atoms with van der Waals surface area (Å²) < 4.78 is 10.3. The zero-order valence-corrected chi connectivity index (χ0v) is 8.25. The van der Waals surface area contributed by atoms with Crippen molar-refractivity contribution in [2.24, 2.45) is 0 Å². The lowest BCUT2D eigenvalue weighted by Gasteiger charge is -2.14. The third-order valence-corrected chi connectivity index (χ3v) is 2.01. The molecule has 1 N–H and O–H groups in total. The summed E-state index contributed by atoms with van der Waals surface area (Å²) in [5.41, 5.74) is 0. The van der Waals surface area contributed by atoms with Gasteiger partial charge in [0.15, 0.2) is 0 Å². The molecule has 0 saturated heterocycles. The van der Waals surface area contributed by atoms with Crippen molar-refractivity contribution in [1.82, 2.24) is 5.32 Å². The number of nitrogens with one attached hydrogen (secondary N) is 1. The molecular formula is C10H17NO2. The van der Waals surface area contributed by atoms with Crippen LogP contribution in [0.2, 0.25) is 0 Å². The van der Waals surface area contributed by atoms with Crippen molar-refractivity contribution >= 4 is 0 Å². The van der Waals surface area contributed by atoms with Crippen LogP contribution in [0.5, 0.6) is 0 Å². The first kappa shape index (κ1) is 10.3. The molecule has 0 aliphatic heterocycles. The zero-order chi connectivity index (χ0) is 9.52. The fourth-order valence-electron chi connectivity index (χ4n) is 1.18. The minimum Gasteiger partial charge on any atom is -0.468 e. The lowest BCUT2D eigenvalue weighted by Crippen LogP contribution is -2.31. The Labute approximate surface area is 79.1 Å². The second-order valence-corrected chi connectivity index (χ2v) is 3.02. The topological polar surface area (TPSA) is 34.4 Å². The minimum atomic E-state index is 0.412. The standard InChI is InChI=1S/C10H17NO2/c1-3-9(8-12-2)11-7-10-5-4-6-13-10/h4-6,9,11H,3,7-8H2,1-2H3/t9-/m0/s1. The van der Waals surface area contributed by atoms with Gasteiger partial charge in [-0.05, 0) is 18.6 Å². The lowest BCUT2D eigenvalue weighted by molar-refractivity contribution is 0.162. The molecule has 0 fully saturated rings. The van der Waals surface area contributed by atoms with E-state index in [0.29, 0.717) is 6.04 Å². The van der Waals surface area contributed by atoms with Crippen LogP contribution in [0.3, 0.4) is 0 Å². The van der Waals surface area contributed by atoms with Gasteiger partial charge >= 0.3 is 0 Å². The summed E-state index contributed by atoms with van der Waals surface area (Å²) in [6.45, 7) is 3.66. The third kappa shape index (κ3) is 3.61. The normalized spacial score (nSPS) is 13.1. The number of hydrogen-bond donors (Lipinski definition) is 1. The summed E-state index contributed by atoms with van der Waals surface area (Å²) >= 11 is 0. The fraction of sp³-hybridized carbons (Fsp3) is 0.600. The number of furan rings is 1. The van der Waals surface area contributed by atoms with E-state index >= 15 is 0 Å². The molecule has 1 aromatic rings. The molecule has 0 aromatic carbocycles. The molecule has 3 heteroatoms. The van der Waals surface area contributed by atoms with Crippen molar-refractivity contribution in [2.75, 3.05) is 13.7 Å². The summed E-state index contributed by atoms with van der Waals surface area (Å²) in [6.07, 6.45) is 2.75. The Morgan fingerprint density at radius 3 is 3.00 bits per heavy atom. The Kier molecular flexibility index (Phi) is 4.57. The van der Waals surface area contributed by atoms with E-state index in [1.807, 2.05) is 12.1 Å². The van der Waals surface area contributed by atoms with Crippen molar-refractivity contribution in [2.45, 2.75) is 25.9 Å². The Morgan fingerprint density at radius 2 is 2.46 bits per heavy atom. The highest BCUT2D eigenvalue weighted by Crippen LogP contribution is 2.00. The minimum absolute atomic E-state index is 0.412. The molecule has 1 heterocycles. The molecule has 0 unspecified atom stereocenters. The molecule has 0 spiro atoms. The molecule has 74 valence electrons. The smallest absolute Gasteiger partial charge is 0.117 e. The lowest BCUT2D eigenvalue weighted by atomic mass is 10.2. The molecule has 0 aliphatic carbocycles. The maximum Gasteiger partial charge on any atom is 0.117 e. The van der Waals surface area contributed by atoms with Crippen LogP contribution in [-0.4, -0.2) is 19.8 Å². The van der Waals surface area contributed by atoms with Gasteiger partial charge in [-0.3, -0.25) is 0 Å². The molecule has 0 bridgehead atoms. The van der Waals surface area contributed by atoms with Crippen molar-refractivity contribution in [3.8, 4) is 0 Å². The predicted molar refractivity (Wildman–Crippen MR) is 51.5 cm³/mol. The first-order valence-electron chi connectivity index (χ1n) is 4.61. The van der Waals surface area contributed by atoms with E-state index in [9.17, 15) is 0 Å². The van der Waals surface area contributed by atoms with Gasteiger partial charge in [0.2, 0.25) is 0 Å². The molecule has 0 aliphatic rings. The van der Waals surface area contributed by atoms with E-state index < -0.39 is 0 Å². The van der Waals surface area contributed by atoms with Gasteiger partial charge in [-0.15, -0.1) is 0 Å². The van der Waals surface area contributed by atoms with E-state index in [-0.39, 0.29) is 0 Å². The number of methoxy groups -OCH3 is 1. The Bertz CT molecular complexity index is 209. The van der Waals surface area contributed by atoms with Gasteiger partial charge in [-0.1, -0.05) is 6.92 Å². The van der Waals surface area contributed by atoms with E-state index in [1.54, 1.807) is 13.4 Å². The average Bonchev–Trinajstić information content (AvgIpc) is 2.64. The summed E-state index contributed by atoms with van der Waals surface area (Å²) in [6, 6.07) is 4.27. The van der Waals surface area contributed by atoms with Gasteiger partial charge in [0.25, 0.3) is 0 Å². The molecule has 0 radical (unpaired) electrons. The Balaban J connectivity index is 2.23. The first-order valence-corrected chi connectivity index (χ1v) is 4.61. The highest BCUT2D eigenvalue weighted by molar-refractivity contribution is 4.97. The summed E-state index contributed by atoms with van der Waals surface area (Å²) in [4.78, 5) is 0. The molecule has 13 heavy (non-hydrogen) atoms. The largest absolute Gasteiger partial charge is 0.468 e. The predicted octanol–water partition coefficient (Wildman–Crippen LogP) is 1.79. The van der Waals surface area contributed by atoms with Crippen LogP contribution in [0.25, 0.3) is 0 Å². The van der Waals surface area contributed by atoms with Gasteiger partial charge in [0, 0.05) is 13.2 Å². The van der Waals surface area contributed by atoms with Crippen LogP contribution in [0.4, 0.5) is 0 Å². The molecule has 1 atom stereocenters. The molecule has 0 saturated carbocycles. The van der Waals surface area contributed by atoms with Crippen molar-refractivity contribution in [3.05, 3.63) is 24.2 Å². The average molecular weight is 183 g/mol. The summed E-state index contributed by atoms with van der Waals surface area (Å²) in [7, 11) is 1.72. The molecule has 0 amide bonds. The van der Waals surface area contributed by atoms with Crippen molar-refractivity contribution in [1.29, 1.82) is 0 Å². The van der Waals surface area contributed by atoms with Gasteiger partial charge in [0.05, 0.1) is 19.4 Å². The quantitative estimate of drug-likeness (QED) is 0.730. The zero-order valence-electron chi connectivity index (χ0n) is 8.25. The molecular weight excluding hydrogens is 166 g/mol. The van der Waals surface area contributed by atoms with Crippen LogP contribution in [-0.2, 0) is 11.3 Å². The van der Waals surface area contributed by atoms with Gasteiger partial charge < -0.3 is 14.5 Å². The van der Waals surface area contributed by atoms with Crippen LogP contribution in [0.1, 0.15) is 19.1 Å². The number of ether oxygens (including phenoxy) is 1. The van der Waals surface area contributed by atoms with E-state index in [0.717, 1.165) is 25.3 Å². The fourth-order valence-corrected chi connectivity index (χ4v) is 1.18. The van der Waals surface area contributed by atoms with Crippen molar-refractivity contribution < 1.29 is 9.15 Å². The van der Waals surface area contributed by atoms with E-state index in [4.69, 9.17) is 9.15 Å². The highest BCUT2D eigenvalue weighted by Gasteiger charge is 2.04. The number of rotatable bonds is 6. The summed E-state index contributed by atoms with van der Waals surface area (Å²) in [5, 5.41) is 3.35. The number of hydrogen-bond acceptors (Lipinski definition) is 3. The Hall–Kier alpha value is -0.800. The monoisotopic (exact) mass is 183 g/mol. The molecule has 1 rings (SSSR count). The first-order chi connectivity index (χ1) is 6.36. The second-order valence-electron chi connectivity index (χ2n) is 3.02. The van der Waals surface area contributed by atoms with Crippen LogP contribution in [0, 0.1) is 0 Å². The van der Waals surface area contributed by atoms with Crippen LogP contribution < -0.4 is 5.32 Å². The van der Waals surface area contributed by atoms with Gasteiger partial charge in [-0.2, -0.15) is 0 Å². The van der Waals surface area contributed by atoms with E-state index in [1.165, 1.54) is 0 Å². The third-order valence-electron chi connectivity index (χ3n) is 2.01.